The molecule has 0 amide bonds. The molecule has 2 rings (SSSR count). The third-order valence-corrected chi connectivity index (χ3v) is 2.18. The Balaban J connectivity index is 2.27. The molecule has 0 radical (unpaired) electrons. The molecule has 4 heteroatoms. The van der Waals surface area contributed by atoms with Gasteiger partial charge in [0.1, 0.15) is 5.65 Å². The number of esters is 1. The minimum Gasteiger partial charge on any atom is -0.463 e. The van der Waals surface area contributed by atoms with Crippen LogP contribution in [0.25, 0.3) is 17.1 Å². The second-order valence-electron chi connectivity index (χ2n) is 3.23. The molecular weight excluding hydrogens is 204 g/mol. The fraction of sp³-hybridized carbons (Fsp3) is 0.167. The summed E-state index contributed by atoms with van der Waals surface area (Å²) in [6.45, 7) is 2.17. The highest BCUT2D eigenvalue weighted by atomic mass is 16.5. The summed E-state index contributed by atoms with van der Waals surface area (Å²) in [5, 5.41) is 0.989. The van der Waals surface area contributed by atoms with Gasteiger partial charge >= 0.3 is 5.97 Å². The zero-order chi connectivity index (χ0) is 11.4. The summed E-state index contributed by atoms with van der Waals surface area (Å²) in [6.07, 6.45) is 6.67. The molecular formula is C12H12N2O2. The van der Waals surface area contributed by atoms with Crippen molar-refractivity contribution in [2.24, 2.45) is 0 Å². The summed E-state index contributed by atoms with van der Waals surface area (Å²) in [5.41, 5.74) is 1.75. The minimum absolute atomic E-state index is 0.331. The van der Waals surface area contributed by atoms with Crippen LogP contribution in [-0.4, -0.2) is 22.5 Å². The molecule has 0 fully saturated rings. The van der Waals surface area contributed by atoms with Crippen LogP contribution in [0.4, 0.5) is 0 Å². The summed E-state index contributed by atoms with van der Waals surface area (Å²) in [4.78, 5) is 18.3. The molecule has 1 N–H and O–H groups in total. The molecule has 0 unspecified atom stereocenters. The number of fused-ring (bicyclic) bond motifs is 1. The zero-order valence-corrected chi connectivity index (χ0v) is 8.93. The molecule has 16 heavy (non-hydrogen) atoms. The third-order valence-electron chi connectivity index (χ3n) is 2.18. The second-order valence-corrected chi connectivity index (χ2v) is 3.23. The monoisotopic (exact) mass is 216 g/mol. The molecule has 0 bridgehead atoms. The topological polar surface area (TPSA) is 55.0 Å². The maximum Gasteiger partial charge on any atom is 0.330 e. The number of aromatic nitrogens is 2. The van der Waals surface area contributed by atoms with Crippen LogP contribution in [0, 0.1) is 0 Å². The number of nitrogens with one attached hydrogen (secondary N) is 1. The van der Waals surface area contributed by atoms with Gasteiger partial charge in [-0.25, -0.2) is 9.78 Å². The van der Waals surface area contributed by atoms with Crippen LogP contribution in [0.15, 0.2) is 30.6 Å². The largest absolute Gasteiger partial charge is 0.463 e. The quantitative estimate of drug-likeness (QED) is 0.631. The molecule has 82 valence electrons. The summed E-state index contributed by atoms with van der Waals surface area (Å²) in [6, 6.07) is 3.78. The molecule has 0 saturated carbocycles. The number of nitrogens with zero attached hydrogens (tertiary/aromatic N) is 1. The van der Waals surface area contributed by atoms with E-state index in [-0.39, 0.29) is 5.97 Å². The maximum absolute atomic E-state index is 11.2. The predicted molar refractivity (Wildman–Crippen MR) is 61.8 cm³/mol. The van der Waals surface area contributed by atoms with Crippen molar-refractivity contribution in [3.63, 3.8) is 0 Å². The lowest BCUT2D eigenvalue weighted by molar-refractivity contribution is -0.137. The fourth-order valence-corrected chi connectivity index (χ4v) is 1.48. The van der Waals surface area contributed by atoms with Gasteiger partial charge in [-0.05, 0) is 30.7 Å². The molecule has 2 heterocycles. The minimum atomic E-state index is -0.331. The SMILES string of the molecule is CCOC(=O)C=Cc1ccnc2[nH]ccc12. The van der Waals surface area contributed by atoms with Gasteiger partial charge in [0, 0.05) is 23.9 Å². The summed E-state index contributed by atoms with van der Waals surface area (Å²) in [7, 11) is 0. The van der Waals surface area contributed by atoms with Crippen molar-refractivity contribution in [1.29, 1.82) is 0 Å². The number of carbonyl (C=O) groups excluding carboxylic acids is 1. The number of hydrogen-bond donors (Lipinski definition) is 1. The normalized spacial score (nSPS) is 11.1. The molecule has 0 aliphatic carbocycles. The number of hydrogen-bond acceptors (Lipinski definition) is 3. The molecule has 0 spiro atoms. The van der Waals surface area contributed by atoms with Crippen molar-refractivity contribution in [3.05, 3.63) is 36.2 Å². The third kappa shape index (κ3) is 2.11. The molecule has 0 aromatic carbocycles. The van der Waals surface area contributed by atoms with E-state index in [2.05, 4.69) is 9.97 Å². The highest BCUT2D eigenvalue weighted by Crippen LogP contribution is 2.16. The van der Waals surface area contributed by atoms with E-state index in [1.165, 1.54) is 6.08 Å². The molecule has 4 nitrogen and oxygen atoms in total. The standard InChI is InChI=1S/C12H12N2O2/c1-2-16-11(15)4-3-9-5-7-13-12-10(9)6-8-14-12/h3-8H,2H2,1H3,(H,13,14). The Labute approximate surface area is 93.0 Å². The van der Waals surface area contributed by atoms with Gasteiger partial charge in [-0.1, -0.05) is 0 Å². The van der Waals surface area contributed by atoms with Crippen molar-refractivity contribution in [3.8, 4) is 0 Å². The Morgan fingerprint density at radius 1 is 1.56 bits per heavy atom. The van der Waals surface area contributed by atoms with Crippen LogP contribution >= 0.6 is 0 Å². The van der Waals surface area contributed by atoms with Crippen molar-refractivity contribution in [2.75, 3.05) is 6.61 Å². The molecule has 2 aromatic heterocycles. The van der Waals surface area contributed by atoms with Gasteiger partial charge in [0.05, 0.1) is 6.61 Å². The van der Waals surface area contributed by atoms with E-state index in [4.69, 9.17) is 4.74 Å². The Bertz CT molecular complexity index is 529. The van der Waals surface area contributed by atoms with E-state index >= 15 is 0 Å². The van der Waals surface area contributed by atoms with Crippen molar-refractivity contribution < 1.29 is 9.53 Å². The smallest absolute Gasteiger partial charge is 0.330 e. The number of aromatic amines is 1. The molecule has 0 aliphatic rings. The molecule has 0 saturated heterocycles. The Morgan fingerprint density at radius 3 is 3.25 bits per heavy atom. The van der Waals surface area contributed by atoms with Gasteiger partial charge in [0.25, 0.3) is 0 Å². The van der Waals surface area contributed by atoms with Crippen LogP contribution in [0.1, 0.15) is 12.5 Å². The van der Waals surface area contributed by atoms with E-state index in [0.717, 1.165) is 16.6 Å². The van der Waals surface area contributed by atoms with E-state index in [9.17, 15) is 4.79 Å². The lowest BCUT2D eigenvalue weighted by Gasteiger charge is -1.97. The average molecular weight is 216 g/mol. The first kappa shape index (κ1) is 10.4. The maximum atomic E-state index is 11.2. The first-order valence-corrected chi connectivity index (χ1v) is 5.08. The summed E-state index contributed by atoms with van der Waals surface area (Å²) >= 11 is 0. The Kier molecular flexibility index (Phi) is 3.00. The molecule has 0 aliphatic heterocycles. The first-order valence-electron chi connectivity index (χ1n) is 5.08. The first-order chi connectivity index (χ1) is 7.81. The number of pyridine rings is 1. The van der Waals surface area contributed by atoms with Crippen molar-refractivity contribution in [2.45, 2.75) is 6.92 Å². The predicted octanol–water partition coefficient (Wildman–Crippen LogP) is 2.14. The zero-order valence-electron chi connectivity index (χ0n) is 8.93. The van der Waals surface area contributed by atoms with Gasteiger partial charge in [-0.3, -0.25) is 0 Å². The Morgan fingerprint density at radius 2 is 2.44 bits per heavy atom. The van der Waals surface area contributed by atoms with Crippen molar-refractivity contribution >= 4 is 23.1 Å². The van der Waals surface area contributed by atoms with Crippen LogP contribution in [0.3, 0.4) is 0 Å². The second kappa shape index (κ2) is 4.61. The summed E-state index contributed by atoms with van der Waals surface area (Å²) < 4.78 is 4.81. The van der Waals surface area contributed by atoms with Crippen LogP contribution in [0.5, 0.6) is 0 Å². The number of ether oxygens (including phenoxy) is 1. The number of rotatable bonds is 3. The van der Waals surface area contributed by atoms with Crippen LogP contribution in [-0.2, 0) is 9.53 Å². The Hall–Kier alpha value is -2.10. The summed E-state index contributed by atoms with van der Waals surface area (Å²) in [5.74, 6) is -0.331. The highest BCUT2D eigenvalue weighted by molar-refractivity contribution is 5.92. The van der Waals surface area contributed by atoms with E-state index in [1.807, 2.05) is 18.3 Å². The van der Waals surface area contributed by atoms with Gasteiger partial charge < -0.3 is 9.72 Å². The molecule has 2 aromatic rings. The van der Waals surface area contributed by atoms with Gasteiger partial charge in [0.15, 0.2) is 0 Å². The van der Waals surface area contributed by atoms with Gasteiger partial charge in [0.2, 0.25) is 0 Å². The number of carbonyl (C=O) groups is 1. The van der Waals surface area contributed by atoms with E-state index < -0.39 is 0 Å². The van der Waals surface area contributed by atoms with E-state index in [0.29, 0.717) is 6.61 Å². The van der Waals surface area contributed by atoms with Gasteiger partial charge in [-0.2, -0.15) is 0 Å². The lowest BCUT2D eigenvalue weighted by atomic mass is 10.2. The van der Waals surface area contributed by atoms with Crippen molar-refractivity contribution in [1.82, 2.24) is 9.97 Å². The fourth-order valence-electron chi connectivity index (χ4n) is 1.48. The highest BCUT2D eigenvalue weighted by Gasteiger charge is 2.00. The van der Waals surface area contributed by atoms with Gasteiger partial charge in [-0.15, -0.1) is 0 Å². The average Bonchev–Trinajstić information content (AvgIpc) is 2.75. The van der Waals surface area contributed by atoms with E-state index in [1.54, 1.807) is 19.2 Å². The molecule has 0 atom stereocenters. The van der Waals surface area contributed by atoms with Crippen LogP contribution in [0.2, 0.25) is 0 Å². The lowest BCUT2D eigenvalue weighted by Crippen LogP contribution is -1.98. The number of H-pyrrole nitrogens is 1. The van der Waals surface area contributed by atoms with Crippen LogP contribution < -0.4 is 0 Å².